The van der Waals surface area contributed by atoms with Gasteiger partial charge in [-0.3, -0.25) is 0 Å². The fourth-order valence-corrected chi connectivity index (χ4v) is 3.94. The normalized spacial score (nSPS) is 24.4. The van der Waals surface area contributed by atoms with Crippen LogP contribution in [0.15, 0.2) is 35.4 Å². The molecular formula is C22H17Cl3O3. The zero-order chi connectivity index (χ0) is 20.5. The van der Waals surface area contributed by atoms with Crippen molar-refractivity contribution in [3.05, 3.63) is 56.1 Å². The van der Waals surface area contributed by atoms with E-state index in [4.69, 9.17) is 39.5 Å². The van der Waals surface area contributed by atoms with Crippen molar-refractivity contribution in [2.75, 3.05) is 0 Å². The number of hydrogen-bond acceptors (Lipinski definition) is 3. The highest BCUT2D eigenvalue weighted by Crippen LogP contribution is 2.32. The topological polar surface area (TPSA) is 46.5 Å². The standard InChI is InChI=1S/C22H17Cl3O3/c1-22(2)7-6-14-9-16(26)8-13(14)4-3-5-17(12-22)28-21(27)20-18(24)10-15(23)11-19(20)25/h4,9-11,16-17,26H,8,12H2,1-2H3/b13-4-. The zero-order valence-electron chi connectivity index (χ0n) is 15.3. The number of aliphatic hydroxyl groups excluding tert-OH is 1. The first-order valence-corrected chi connectivity index (χ1v) is 9.77. The maximum absolute atomic E-state index is 12.7. The Labute approximate surface area is 179 Å². The summed E-state index contributed by atoms with van der Waals surface area (Å²) >= 11 is 18.1. The lowest BCUT2D eigenvalue weighted by Crippen LogP contribution is -2.24. The second-order valence-electron chi connectivity index (χ2n) is 7.29. The minimum absolute atomic E-state index is 0.0537. The van der Waals surface area contributed by atoms with Gasteiger partial charge in [0.2, 0.25) is 0 Å². The van der Waals surface area contributed by atoms with Crippen molar-refractivity contribution in [1.29, 1.82) is 0 Å². The van der Waals surface area contributed by atoms with Crippen LogP contribution in [-0.2, 0) is 4.74 Å². The number of hydrogen-bond donors (Lipinski definition) is 1. The van der Waals surface area contributed by atoms with E-state index in [1.807, 2.05) is 13.8 Å². The smallest absolute Gasteiger partial charge is 0.342 e. The molecule has 0 aromatic heterocycles. The molecule has 0 aliphatic heterocycles. The van der Waals surface area contributed by atoms with Crippen LogP contribution in [0, 0.1) is 29.1 Å². The number of benzene rings is 1. The van der Waals surface area contributed by atoms with Crippen LogP contribution < -0.4 is 0 Å². The van der Waals surface area contributed by atoms with Gasteiger partial charge < -0.3 is 9.84 Å². The van der Waals surface area contributed by atoms with Gasteiger partial charge in [-0.15, -0.1) is 0 Å². The largest absolute Gasteiger partial charge is 0.445 e. The van der Waals surface area contributed by atoms with Gasteiger partial charge >= 0.3 is 5.97 Å². The predicted molar refractivity (Wildman–Crippen MR) is 111 cm³/mol. The number of halogens is 3. The second-order valence-corrected chi connectivity index (χ2v) is 8.54. The van der Waals surface area contributed by atoms with E-state index in [1.165, 1.54) is 12.1 Å². The number of aliphatic hydroxyl groups is 1. The number of ether oxygens (including phenoxy) is 1. The fourth-order valence-electron chi connectivity index (χ4n) is 2.97. The lowest BCUT2D eigenvalue weighted by Gasteiger charge is -2.22. The highest BCUT2D eigenvalue weighted by molar-refractivity contribution is 6.41. The molecule has 0 saturated carbocycles. The van der Waals surface area contributed by atoms with Gasteiger partial charge in [-0.1, -0.05) is 58.5 Å². The highest BCUT2D eigenvalue weighted by atomic mass is 35.5. The Morgan fingerprint density at radius 3 is 2.61 bits per heavy atom. The van der Waals surface area contributed by atoms with E-state index in [1.54, 1.807) is 12.2 Å². The first kappa shape index (κ1) is 20.8. The molecule has 0 fully saturated rings. The molecule has 1 aromatic carbocycles. The molecule has 2 unspecified atom stereocenters. The lowest BCUT2D eigenvalue weighted by atomic mass is 9.86. The summed E-state index contributed by atoms with van der Waals surface area (Å²) in [6.45, 7) is 3.89. The number of fused-ring (bicyclic) bond motifs is 1. The van der Waals surface area contributed by atoms with E-state index >= 15 is 0 Å². The fraction of sp³-hybridized carbons (Fsp3) is 0.318. The summed E-state index contributed by atoms with van der Waals surface area (Å²) in [4.78, 5) is 12.7. The van der Waals surface area contributed by atoms with E-state index in [0.29, 0.717) is 17.9 Å². The molecule has 2 aliphatic carbocycles. The molecule has 28 heavy (non-hydrogen) atoms. The number of allylic oxidation sites excluding steroid dienone is 2. The van der Waals surface area contributed by atoms with Crippen LogP contribution in [-0.4, -0.2) is 23.3 Å². The third-order valence-corrected chi connectivity index (χ3v) is 5.13. The Bertz CT molecular complexity index is 990. The lowest BCUT2D eigenvalue weighted by molar-refractivity contribution is 0.0358. The minimum atomic E-state index is -0.701. The Morgan fingerprint density at radius 2 is 1.93 bits per heavy atom. The molecule has 1 aromatic rings. The Kier molecular flexibility index (Phi) is 6.13. The van der Waals surface area contributed by atoms with Crippen molar-refractivity contribution in [1.82, 2.24) is 0 Å². The molecule has 1 N–H and O–H groups in total. The van der Waals surface area contributed by atoms with Crippen molar-refractivity contribution >= 4 is 40.8 Å². The average molecular weight is 436 g/mol. The third-order valence-electron chi connectivity index (χ3n) is 4.32. The van der Waals surface area contributed by atoms with Gasteiger partial charge in [0.15, 0.2) is 6.10 Å². The van der Waals surface area contributed by atoms with E-state index < -0.39 is 23.6 Å². The molecule has 0 saturated heterocycles. The van der Waals surface area contributed by atoms with Gasteiger partial charge in [-0.05, 0) is 43.7 Å². The van der Waals surface area contributed by atoms with Gasteiger partial charge in [0, 0.05) is 28.9 Å². The van der Waals surface area contributed by atoms with Crippen LogP contribution in [0.2, 0.25) is 15.1 Å². The molecule has 3 rings (SSSR count). The maximum atomic E-state index is 12.7. The second kappa shape index (κ2) is 8.24. The Morgan fingerprint density at radius 1 is 1.25 bits per heavy atom. The Balaban J connectivity index is 1.90. The molecule has 6 heteroatoms. The summed E-state index contributed by atoms with van der Waals surface area (Å²) in [6, 6.07) is 2.87. The average Bonchev–Trinajstić information content (AvgIpc) is 2.91. The van der Waals surface area contributed by atoms with Crippen molar-refractivity contribution in [2.45, 2.75) is 38.9 Å². The van der Waals surface area contributed by atoms with Crippen molar-refractivity contribution in [2.24, 2.45) is 5.41 Å². The third kappa shape index (κ3) is 4.93. The van der Waals surface area contributed by atoms with Crippen LogP contribution in [0.5, 0.6) is 0 Å². The predicted octanol–water partition coefficient (Wildman–Crippen LogP) is 5.23. The molecule has 0 heterocycles. The van der Waals surface area contributed by atoms with Gasteiger partial charge in [-0.25, -0.2) is 4.79 Å². The SMILES string of the molecule is CC1(C)C#CC2=CC(O)C/C2=C/C#CC(OC(=O)c2c(Cl)cc(Cl)cc2Cl)C1. The zero-order valence-corrected chi connectivity index (χ0v) is 17.5. The molecule has 0 radical (unpaired) electrons. The number of esters is 1. The summed E-state index contributed by atoms with van der Waals surface area (Å²) in [5.41, 5.74) is 1.26. The van der Waals surface area contributed by atoms with Crippen LogP contribution >= 0.6 is 34.8 Å². The van der Waals surface area contributed by atoms with E-state index in [0.717, 1.165) is 11.1 Å². The van der Waals surface area contributed by atoms with Crippen LogP contribution in [0.25, 0.3) is 0 Å². The maximum Gasteiger partial charge on any atom is 0.342 e. The number of carbonyl (C=O) groups is 1. The number of rotatable bonds is 2. The molecule has 0 amide bonds. The Hall–Kier alpha value is -1.88. The first-order valence-electron chi connectivity index (χ1n) is 8.64. The van der Waals surface area contributed by atoms with Gasteiger partial charge in [0.05, 0.1) is 21.7 Å². The summed E-state index contributed by atoms with van der Waals surface area (Å²) in [5.74, 6) is 11.5. The van der Waals surface area contributed by atoms with Crippen LogP contribution in [0.1, 0.15) is 37.0 Å². The molecule has 0 bridgehead atoms. The van der Waals surface area contributed by atoms with Crippen molar-refractivity contribution in [3.8, 4) is 23.7 Å². The van der Waals surface area contributed by atoms with E-state index in [2.05, 4.69) is 23.7 Å². The van der Waals surface area contributed by atoms with Crippen molar-refractivity contribution in [3.63, 3.8) is 0 Å². The molecule has 2 atom stereocenters. The van der Waals surface area contributed by atoms with Gasteiger partial charge in [0.1, 0.15) is 0 Å². The summed E-state index contributed by atoms with van der Waals surface area (Å²) in [7, 11) is 0. The molecular weight excluding hydrogens is 419 g/mol. The molecule has 3 nitrogen and oxygen atoms in total. The van der Waals surface area contributed by atoms with Gasteiger partial charge in [-0.2, -0.15) is 0 Å². The summed E-state index contributed by atoms with van der Waals surface area (Å²) in [5, 5.41) is 10.4. The van der Waals surface area contributed by atoms with Crippen molar-refractivity contribution < 1.29 is 14.6 Å². The van der Waals surface area contributed by atoms with Gasteiger partial charge in [0.25, 0.3) is 0 Å². The first-order chi connectivity index (χ1) is 13.1. The molecule has 2 aliphatic rings. The van der Waals surface area contributed by atoms with E-state index in [9.17, 15) is 9.90 Å². The summed E-state index contributed by atoms with van der Waals surface area (Å²) in [6.07, 6.45) is 3.07. The molecule has 0 spiro atoms. The highest BCUT2D eigenvalue weighted by Gasteiger charge is 2.27. The molecule has 144 valence electrons. The van der Waals surface area contributed by atoms with Crippen LogP contribution in [0.3, 0.4) is 0 Å². The van der Waals surface area contributed by atoms with Crippen LogP contribution in [0.4, 0.5) is 0 Å². The summed E-state index contributed by atoms with van der Waals surface area (Å²) < 4.78 is 5.59. The monoisotopic (exact) mass is 434 g/mol. The van der Waals surface area contributed by atoms with E-state index in [-0.39, 0.29) is 15.6 Å². The quantitative estimate of drug-likeness (QED) is 0.511. The number of carbonyl (C=O) groups excluding carboxylic acids is 1. The minimum Gasteiger partial charge on any atom is -0.445 e.